The maximum Gasteiger partial charge on any atom is 0.123 e. The summed E-state index contributed by atoms with van der Waals surface area (Å²) < 4.78 is 13.5. The molecule has 112 valence electrons. The van der Waals surface area contributed by atoms with E-state index < -0.39 is 5.41 Å². The molecule has 0 aliphatic carbocycles. The largest absolute Gasteiger partial charge is 0.395 e. The van der Waals surface area contributed by atoms with Crippen LogP contribution in [0.4, 0.5) is 4.39 Å². The van der Waals surface area contributed by atoms with Crippen LogP contribution < -0.4 is 0 Å². The predicted molar refractivity (Wildman–Crippen MR) is 81.9 cm³/mol. The SMILES string of the molecule is Cc1cccc(C(CO)(CO)Cc2cc(F)ccc2C)c1. The summed E-state index contributed by atoms with van der Waals surface area (Å²) in [6.07, 6.45) is 0.396. The zero-order valence-corrected chi connectivity index (χ0v) is 12.4. The Morgan fingerprint density at radius 1 is 1.00 bits per heavy atom. The van der Waals surface area contributed by atoms with Gasteiger partial charge in [-0.1, -0.05) is 35.9 Å². The first-order valence-corrected chi connectivity index (χ1v) is 7.05. The van der Waals surface area contributed by atoms with Gasteiger partial charge in [-0.3, -0.25) is 0 Å². The summed E-state index contributed by atoms with van der Waals surface area (Å²) in [6, 6.07) is 12.4. The lowest BCUT2D eigenvalue weighted by atomic mass is 9.75. The average Bonchev–Trinajstić information content (AvgIpc) is 2.48. The maximum atomic E-state index is 13.5. The van der Waals surface area contributed by atoms with Crippen LogP contribution in [0.25, 0.3) is 0 Å². The quantitative estimate of drug-likeness (QED) is 0.888. The van der Waals surface area contributed by atoms with Gasteiger partial charge in [-0.25, -0.2) is 4.39 Å². The molecule has 0 saturated carbocycles. The Labute approximate surface area is 124 Å². The molecule has 0 aliphatic heterocycles. The smallest absolute Gasteiger partial charge is 0.123 e. The van der Waals surface area contributed by atoms with E-state index >= 15 is 0 Å². The molecule has 2 aromatic carbocycles. The lowest BCUT2D eigenvalue weighted by Crippen LogP contribution is -2.37. The first-order valence-electron chi connectivity index (χ1n) is 7.05. The maximum absolute atomic E-state index is 13.5. The average molecular weight is 288 g/mol. The van der Waals surface area contributed by atoms with Gasteiger partial charge in [0.2, 0.25) is 0 Å². The molecular formula is C18H21FO2. The van der Waals surface area contributed by atoms with Crippen molar-refractivity contribution in [2.45, 2.75) is 25.7 Å². The number of aryl methyl sites for hydroxylation is 2. The number of rotatable bonds is 5. The fraction of sp³-hybridized carbons (Fsp3) is 0.333. The molecule has 2 rings (SSSR count). The van der Waals surface area contributed by atoms with Gasteiger partial charge in [0.25, 0.3) is 0 Å². The molecule has 0 atom stereocenters. The van der Waals surface area contributed by atoms with E-state index in [1.807, 2.05) is 38.1 Å². The molecule has 0 heterocycles. The number of aliphatic hydroxyl groups excluding tert-OH is 2. The highest BCUT2D eigenvalue weighted by atomic mass is 19.1. The monoisotopic (exact) mass is 288 g/mol. The van der Waals surface area contributed by atoms with Crippen LogP contribution in [0.1, 0.15) is 22.3 Å². The highest BCUT2D eigenvalue weighted by Crippen LogP contribution is 2.30. The first-order chi connectivity index (χ1) is 10.0. The van der Waals surface area contributed by atoms with E-state index in [-0.39, 0.29) is 19.0 Å². The first kappa shape index (κ1) is 15.7. The molecule has 3 heteroatoms. The van der Waals surface area contributed by atoms with Crippen LogP contribution in [0.15, 0.2) is 42.5 Å². The Morgan fingerprint density at radius 2 is 1.71 bits per heavy atom. The number of halogens is 1. The van der Waals surface area contributed by atoms with Crippen LogP contribution in [0, 0.1) is 19.7 Å². The number of hydrogen-bond acceptors (Lipinski definition) is 2. The molecule has 0 unspecified atom stereocenters. The topological polar surface area (TPSA) is 40.5 Å². The van der Waals surface area contributed by atoms with E-state index in [2.05, 4.69) is 0 Å². The minimum atomic E-state index is -0.801. The molecule has 21 heavy (non-hydrogen) atoms. The molecule has 0 radical (unpaired) electrons. The van der Waals surface area contributed by atoms with Crippen molar-refractivity contribution in [1.29, 1.82) is 0 Å². The van der Waals surface area contributed by atoms with Gasteiger partial charge in [-0.15, -0.1) is 0 Å². The lowest BCUT2D eigenvalue weighted by Gasteiger charge is -2.31. The number of benzene rings is 2. The minimum absolute atomic E-state index is 0.192. The van der Waals surface area contributed by atoms with Gasteiger partial charge in [-0.05, 0) is 49.1 Å². The van der Waals surface area contributed by atoms with Gasteiger partial charge >= 0.3 is 0 Å². The van der Waals surface area contributed by atoms with Crippen molar-refractivity contribution in [3.63, 3.8) is 0 Å². The van der Waals surface area contributed by atoms with Crippen molar-refractivity contribution < 1.29 is 14.6 Å². The molecular weight excluding hydrogens is 267 g/mol. The Kier molecular flexibility index (Phi) is 4.76. The summed E-state index contributed by atoms with van der Waals surface area (Å²) in [7, 11) is 0. The fourth-order valence-corrected chi connectivity index (χ4v) is 2.62. The van der Waals surface area contributed by atoms with Crippen LogP contribution in [-0.2, 0) is 11.8 Å². The summed E-state index contributed by atoms with van der Waals surface area (Å²) in [6.45, 7) is 3.49. The Morgan fingerprint density at radius 3 is 2.33 bits per heavy atom. The van der Waals surface area contributed by atoms with E-state index in [1.165, 1.54) is 12.1 Å². The summed E-state index contributed by atoms with van der Waals surface area (Å²) in [5.74, 6) is -0.301. The Hall–Kier alpha value is -1.71. The van der Waals surface area contributed by atoms with Crippen molar-refractivity contribution in [3.05, 3.63) is 70.5 Å². The molecule has 0 saturated heterocycles. The molecule has 0 spiro atoms. The lowest BCUT2D eigenvalue weighted by molar-refractivity contribution is 0.116. The third kappa shape index (κ3) is 3.31. The number of hydrogen-bond donors (Lipinski definition) is 2. The van der Waals surface area contributed by atoms with Crippen molar-refractivity contribution in [1.82, 2.24) is 0 Å². The molecule has 0 aliphatic rings. The van der Waals surface area contributed by atoms with E-state index in [0.717, 1.165) is 22.3 Å². The predicted octanol–water partition coefficient (Wildman–Crippen LogP) is 2.91. The van der Waals surface area contributed by atoms with E-state index in [0.29, 0.717) is 6.42 Å². The van der Waals surface area contributed by atoms with Crippen LogP contribution >= 0.6 is 0 Å². The van der Waals surface area contributed by atoms with Gasteiger partial charge in [0.15, 0.2) is 0 Å². The van der Waals surface area contributed by atoms with Crippen LogP contribution in [0.3, 0.4) is 0 Å². The zero-order chi connectivity index (χ0) is 15.5. The molecule has 2 N–H and O–H groups in total. The van der Waals surface area contributed by atoms with Crippen molar-refractivity contribution in [3.8, 4) is 0 Å². The van der Waals surface area contributed by atoms with Gasteiger partial charge < -0.3 is 10.2 Å². The van der Waals surface area contributed by atoms with E-state index in [9.17, 15) is 14.6 Å². The minimum Gasteiger partial charge on any atom is -0.395 e. The van der Waals surface area contributed by atoms with Crippen LogP contribution in [0.5, 0.6) is 0 Å². The summed E-state index contributed by atoms with van der Waals surface area (Å²) in [5.41, 5.74) is 2.89. The molecule has 0 fully saturated rings. The van der Waals surface area contributed by atoms with Gasteiger partial charge in [0.1, 0.15) is 5.82 Å². The normalized spacial score (nSPS) is 11.7. The summed E-state index contributed by atoms with van der Waals surface area (Å²) >= 11 is 0. The van der Waals surface area contributed by atoms with Crippen molar-refractivity contribution in [2.24, 2.45) is 0 Å². The fourth-order valence-electron chi connectivity index (χ4n) is 2.62. The second-order valence-electron chi connectivity index (χ2n) is 5.71. The third-order valence-corrected chi connectivity index (χ3v) is 4.08. The standard InChI is InChI=1S/C18H21FO2/c1-13-4-3-5-16(8-13)18(11-20,12-21)10-15-9-17(19)7-6-14(15)2/h3-9,20-21H,10-12H2,1-2H3. The van der Waals surface area contributed by atoms with E-state index in [4.69, 9.17) is 0 Å². The van der Waals surface area contributed by atoms with Crippen LogP contribution in [-0.4, -0.2) is 23.4 Å². The van der Waals surface area contributed by atoms with Gasteiger partial charge in [0, 0.05) is 5.41 Å². The zero-order valence-electron chi connectivity index (χ0n) is 12.4. The molecule has 2 nitrogen and oxygen atoms in total. The Balaban J connectivity index is 2.45. The van der Waals surface area contributed by atoms with E-state index in [1.54, 1.807) is 6.07 Å². The second kappa shape index (κ2) is 6.37. The van der Waals surface area contributed by atoms with Crippen LogP contribution in [0.2, 0.25) is 0 Å². The van der Waals surface area contributed by atoms with Gasteiger partial charge in [-0.2, -0.15) is 0 Å². The van der Waals surface area contributed by atoms with Crippen molar-refractivity contribution in [2.75, 3.05) is 13.2 Å². The van der Waals surface area contributed by atoms with Crippen molar-refractivity contribution >= 4 is 0 Å². The highest BCUT2D eigenvalue weighted by Gasteiger charge is 2.32. The molecule has 0 aromatic heterocycles. The highest BCUT2D eigenvalue weighted by molar-refractivity contribution is 5.35. The molecule has 2 aromatic rings. The summed E-state index contributed by atoms with van der Waals surface area (Å²) in [5, 5.41) is 19.8. The molecule has 0 bridgehead atoms. The molecule has 0 amide bonds. The van der Waals surface area contributed by atoms with Gasteiger partial charge in [0.05, 0.1) is 13.2 Å². The summed E-state index contributed by atoms with van der Waals surface area (Å²) in [4.78, 5) is 0. The Bertz CT molecular complexity index is 618. The second-order valence-corrected chi connectivity index (χ2v) is 5.71. The third-order valence-electron chi connectivity index (χ3n) is 4.08. The number of aliphatic hydroxyl groups is 2.